The smallest absolute Gasteiger partial charge is 0.136 e. The van der Waals surface area contributed by atoms with Crippen LogP contribution in [0.5, 0.6) is 0 Å². The number of hydrogen-bond acceptors (Lipinski definition) is 3. The summed E-state index contributed by atoms with van der Waals surface area (Å²) in [5, 5.41) is 0. The maximum Gasteiger partial charge on any atom is 0.136 e. The molecule has 1 heterocycles. The Bertz CT molecular complexity index is 1050. The topological polar surface area (TPSA) is 28.0 Å². The zero-order chi connectivity index (χ0) is 32.0. The maximum absolute atomic E-state index is 14.7. The Balaban J connectivity index is 0. The van der Waals surface area contributed by atoms with Crippen molar-refractivity contribution in [3.05, 3.63) is 77.6 Å². The van der Waals surface area contributed by atoms with Gasteiger partial charge in [0.2, 0.25) is 0 Å². The molecule has 0 aliphatic carbocycles. The van der Waals surface area contributed by atoms with E-state index in [0.29, 0.717) is 23.7 Å². The molecule has 1 aliphatic heterocycles. The van der Waals surface area contributed by atoms with E-state index in [4.69, 9.17) is 4.99 Å². The number of thiol groups is 1. The molecule has 0 saturated carbocycles. The molecule has 1 saturated heterocycles. The maximum atomic E-state index is 14.7. The largest absolute Gasteiger partial charge is 0.206 e. The summed E-state index contributed by atoms with van der Waals surface area (Å²) in [4.78, 5) is 11.7. The molecule has 0 aromatic heterocycles. The Morgan fingerprint density at radius 2 is 1.61 bits per heavy atom. The second-order valence-corrected chi connectivity index (χ2v) is 9.33. The first-order chi connectivity index (χ1) is 19.7. The van der Waals surface area contributed by atoms with Crippen molar-refractivity contribution in [2.75, 3.05) is 26.7 Å². The molecule has 0 radical (unpaired) electrons. The third-order valence-electron chi connectivity index (χ3n) is 6.14. The van der Waals surface area contributed by atoms with Crippen molar-refractivity contribution < 1.29 is 8.78 Å². The number of benzene rings is 2. The third kappa shape index (κ3) is 15.4. The van der Waals surface area contributed by atoms with E-state index in [0.717, 1.165) is 41.8 Å². The molecule has 2 atom stereocenters. The van der Waals surface area contributed by atoms with Crippen LogP contribution >= 0.6 is 12.6 Å². The van der Waals surface area contributed by atoms with Crippen LogP contribution in [0.2, 0.25) is 0 Å². The Labute approximate surface area is 256 Å². The average Bonchev–Trinajstić information content (AvgIpc) is 3.01. The monoisotopic (exact) mass is 585 g/mol. The number of hydrogen-bond donors (Lipinski definition) is 1. The third-order valence-corrected chi connectivity index (χ3v) is 6.50. The van der Waals surface area contributed by atoms with Crippen LogP contribution in [0.3, 0.4) is 0 Å². The molecular formula is C34H54BF2N3S. The SMILES string of the molecule is B=C(C)C(=C)C(CC1CCN(CC)CC1F)=NC(=NC)c1ccc(C)cc1.CC.CC.CC.Fc1ccccc1S. The molecule has 1 fully saturated rings. The molecule has 228 valence electrons. The number of piperidine rings is 1. The minimum atomic E-state index is -0.844. The molecule has 0 spiro atoms. The van der Waals surface area contributed by atoms with Crippen LogP contribution in [0.1, 0.15) is 79.4 Å². The number of aliphatic imine (C=N–C) groups is 2. The van der Waals surface area contributed by atoms with Gasteiger partial charge in [-0.25, -0.2) is 4.39 Å². The zero-order valence-corrected chi connectivity index (χ0v) is 28.2. The number of nitrogens with zero attached hydrogens (tertiary/aromatic N) is 3. The number of amidine groups is 1. The minimum absolute atomic E-state index is 0.0428. The first kappa shape index (κ1) is 40.8. The standard InChI is InChI=1S/C22H31BFN3.C6H5FS.3C2H6/c1-6-27-12-11-19(20(24)14-27)13-21(16(3)17(4)23)26-22(25-5)18-9-7-15(2)8-10-18;7-5-3-1-2-4-6(5)8;3*1-2/h7-10,19-20,23H,3,6,11-14H2,1-2,4-5H3;1-4,8H;3*1-2H3. The van der Waals surface area contributed by atoms with Gasteiger partial charge in [0, 0.05) is 4.90 Å². The molecule has 0 N–H and O–H groups in total. The van der Waals surface area contributed by atoms with Gasteiger partial charge in [0.15, 0.2) is 0 Å². The Hall–Kier alpha value is -2.38. The molecule has 3 rings (SSSR count). The fourth-order valence-corrected chi connectivity index (χ4v) is 3.95. The number of halogens is 2. The molecule has 1 aliphatic rings. The van der Waals surface area contributed by atoms with Gasteiger partial charge in [0.05, 0.1) is 0 Å². The Kier molecular flexibility index (Phi) is 24.1. The average molecular weight is 586 g/mol. The van der Waals surface area contributed by atoms with E-state index in [1.54, 1.807) is 25.2 Å². The van der Waals surface area contributed by atoms with Crippen molar-refractivity contribution in [1.29, 1.82) is 0 Å². The van der Waals surface area contributed by atoms with Gasteiger partial charge >= 0.3 is 164 Å². The van der Waals surface area contributed by atoms with Gasteiger partial charge in [-0.15, -0.1) is 12.6 Å². The van der Waals surface area contributed by atoms with Crippen LogP contribution in [-0.2, 0) is 0 Å². The molecule has 0 amide bonds. The number of allylic oxidation sites excluding steroid dienone is 1. The van der Waals surface area contributed by atoms with Crippen molar-refractivity contribution in [2.24, 2.45) is 15.9 Å². The number of rotatable bonds is 6. The molecule has 7 heteroatoms. The van der Waals surface area contributed by atoms with E-state index in [1.807, 2.05) is 79.7 Å². The van der Waals surface area contributed by atoms with Crippen LogP contribution in [-0.4, -0.2) is 62.3 Å². The van der Waals surface area contributed by atoms with E-state index < -0.39 is 6.17 Å². The predicted molar refractivity (Wildman–Crippen MR) is 185 cm³/mol. The quantitative estimate of drug-likeness (QED) is 0.156. The molecular weight excluding hydrogens is 531 g/mol. The molecule has 41 heavy (non-hydrogen) atoms. The van der Waals surface area contributed by atoms with Gasteiger partial charge < -0.3 is 0 Å². The summed E-state index contributed by atoms with van der Waals surface area (Å²) in [6.45, 7) is 24.5. The summed E-state index contributed by atoms with van der Waals surface area (Å²) in [6, 6.07) is 14.5. The van der Waals surface area contributed by atoms with Gasteiger partial charge in [-0.1, -0.05) is 53.7 Å². The fraction of sp³-hybridized carbons (Fsp3) is 0.500. The summed E-state index contributed by atoms with van der Waals surface area (Å²) in [5.41, 5.74) is 4.57. The fourth-order valence-electron chi connectivity index (χ4n) is 3.79. The summed E-state index contributed by atoms with van der Waals surface area (Å²) in [5.74, 6) is 0.336. The molecule has 2 unspecified atom stereocenters. The van der Waals surface area contributed by atoms with Crippen molar-refractivity contribution in [1.82, 2.24) is 4.90 Å². The van der Waals surface area contributed by atoms with E-state index in [-0.39, 0.29) is 11.7 Å². The summed E-state index contributed by atoms with van der Waals surface area (Å²) >= 11 is 3.82. The van der Waals surface area contributed by atoms with Crippen molar-refractivity contribution in [3.63, 3.8) is 0 Å². The van der Waals surface area contributed by atoms with Crippen LogP contribution in [0.4, 0.5) is 8.78 Å². The second kappa shape index (κ2) is 24.2. The van der Waals surface area contributed by atoms with Crippen LogP contribution < -0.4 is 0 Å². The van der Waals surface area contributed by atoms with E-state index >= 15 is 0 Å². The molecule has 2 aromatic carbocycles. The minimum Gasteiger partial charge on any atom is -0.206 e. The first-order valence-electron chi connectivity index (χ1n) is 14.9. The van der Waals surface area contributed by atoms with Crippen molar-refractivity contribution >= 4 is 37.1 Å². The molecule has 3 nitrogen and oxygen atoms in total. The van der Waals surface area contributed by atoms with E-state index in [1.165, 1.54) is 11.6 Å². The second-order valence-electron chi connectivity index (χ2n) is 8.84. The number of alkyl halides is 1. The van der Waals surface area contributed by atoms with Crippen molar-refractivity contribution in [3.8, 4) is 0 Å². The van der Waals surface area contributed by atoms with Gasteiger partial charge in [0.25, 0.3) is 0 Å². The van der Waals surface area contributed by atoms with Crippen LogP contribution in [0.15, 0.2) is 75.6 Å². The summed E-state index contributed by atoms with van der Waals surface area (Å²) in [6.07, 6.45) is 0.554. The molecule has 2 aromatic rings. The van der Waals surface area contributed by atoms with Gasteiger partial charge in [-0.3, -0.25) is 0 Å². The van der Waals surface area contributed by atoms with Gasteiger partial charge in [-0.2, -0.15) is 0 Å². The Morgan fingerprint density at radius 3 is 2.02 bits per heavy atom. The van der Waals surface area contributed by atoms with Crippen molar-refractivity contribution in [2.45, 2.75) is 86.2 Å². The summed E-state index contributed by atoms with van der Waals surface area (Å²) < 4.78 is 27.0. The van der Waals surface area contributed by atoms with Gasteiger partial charge in [-0.05, 0) is 12.1 Å². The summed E-state index contributed by atoms with van der Waals surface area (Å²) in [7, 11) is 5.74. The number of likely N-dealkylation sites (tertiary alicyclic amines) is 1. The Morgan fingerprint density at radius 1 is 1.05 bits per heavy atom. The van der Waals surface area contributed by atoms with E-state index in [9.17, 15) is 8.78 Å². The molecule has 0 bridgehead atoms. The first-order valence-corrected chi connectivity index (χ1v) is 15.4. The normalized spacial score (nSPS) is 16.7. The van der Waals surface area contributed by atoms with Crippen LogP contribution in [0.25, 0.3) is 0 Å². The number of aryl methyl sites for hydroxylation is 1. The predicted octanol–water partition coefficient (Wildman–Crippen LogP) is 8.72. The van der Waals surface area contributed by atoms with Gasteiger partial charge in [0.1, 0.15) is 5.82 Å². The van der Waals surface area contributed by atoms with E-state index in [2.05, 4.69) is 43.5 Å². The zero-order valence-electron chi connectivity index (χ0n) is 27.3. The van der Waals surface area contributed by atoms with Crippen LogP contribution in [0, 0.1) is 18.7 Å².